The molecule has 1 saturated heterocycles. The van der Waals surface area contributed by atoms with Gasteiger partial charge in [-0.2, -0.15) is 13.2 Å². The Hall–Kier alpha value is -0.330. The van der Waals surface area contributed by atoms with E-state index >= 15 is 0 Å². The van der Waals surface area contributed by atoms with Crippen LogP contribution in [-0.2, 0) is 4.74 Å². The first-order valence-corrected chi connectivity index (χ1v) is 5.86. The number of alkyl halides is 3. The zero-order valence-corrected chi connectivity index (χ0v) is 10.5. The summed E-state index contributed by atoms with van der Waals surface area (Å²) in [6.07, 6.45) is -3.72. The van der Waals surface area contributed by atoms with Crippen LogP contribution in [0.2, 0.25) is 0 Å². The first kappa shape index (κ1) is 14.7. The quantitative estimate of drug-likeness (QED) is 0.831. The summed E-state index contributed by atoms with van der Waals surface area (Å²) in [4.78, 5) is 1.40. The maximum absolute atomic E-state index is 12.9. The largest absolute Gasteiger partial charge is 0.405 e. The lowest BCUT2D eigenvalue weighted by atomic mass is 9.93. The summed E-state index contributed by atoms with van der Waals surface area (Å²) in [5, 5.41) is 0. The molecule has 0 aromatic rings. The van der Waals surface area contributed by atoms with Crippen LogP contribution in [0.5, 0.6) is 0 Å². The third-order valence-corrected chi connectivity index (χ3v) is 3.45. The molecule has 6 heteroatoms. The van der Waals surface area contributed by atoms with Crippen molar-refractivity contribution in [2.45, 2.75) is 44.6 Å². The molecule has 0 bridgehead atoms. The van der Waals surface area contributed by atoms with Gasteiger partial charge in [0.1, 0.15) is 6.04 Å². The summed E-state index contributed by atoms with van der Waals surface area (Å²) in [6, 6.07) is -2.51. The summed E-state index contributed by atoms with van der Waals surface area (Å²) in [5.41, 5.74) is 5.47. The zero-order chi connectivity index (χ0) is 13.2. The second-order valence-electron chi connectivity index (χ2n) is 4.88. The maximum atomic E-state index is 12.9. The van der Waals surface area contributed by atoms with Gasteiger partial charge in [-0.25, -0.2) is 0 Å². The highest BCUT2D eigenvalue weighted by Crippen LogP contribution is 2.30. The van der Waals surface area contributed by atoms with Crippen molar-refractivity contribution in [2.24, 2.45) is 11.7 Å². The minimum atomic E-state index is -4.28. The van der Waals surface area contributed by atoms with Gasteiger partial charge in [0.05, 0.1) is 6.10 Å². The number of likely N-dealkylation sites (tertiary alicyclic amines) is 1. The molecule has 2 N–H and O–H groups in total. The number of methoxy groups -OCH3 is 1. The van der Waals surface area contributed by atoms with E-state index in [-0.39, 0.29) is 6.10 Å². The summed E-state index contributed by atoms with van der Waals surface area (Å²) < 4.78 is 44.0. The summed E-state index contributed by atoms with van der Waals surface area (Å²) in [7, 11) is 1.54. The van der Waals surface area contributed by atoms with Crippen molar-refractivity contribution in [3.05, 3.63) is 0 Å². The molecule has 0 spiro atoms. The van der Waals surface area contributed by atoms with Crippen LogP contribution in [0.25, 0.3) is 0 Å². The zero-order valence-electron chi connectivity index (χ0n) is 10.5. The van der Waals surface area contributed by atoms with Crippen molar-refractivity contribution in [1.29, 1.82) is 0 Å². The van der Waals surface area contributed by atoms with Crippen molar-refractivity contribution >= 4 is 0 Å². The monoisotopic (exact) mass is 254 g/mol. The predicted molar refractivity (Wildman–Crippen MR) is 59.6 cm³/mol. The third-order valence-electron chi connectivity index (χ3n) is 3.45. The van der Waals surface area contributed by atoms with E-state index in [2.05, 4.69) is 0 Å². The number of hydrogen-bond donors (Lipinski definition) is 1. The van der Waals surface area contributed by atoms with Crippen molar-refractivity contribution < 1.29 is 17.9 Å². The fourth-order valence-electron chi connectivity index (χ4n) is 2.45. The average Bonchev–Trinajstić information content (AvgIpc) is 2.18. The Balaban J connectivity index is 2.76. The van der Waals surface area contributed by atoms with Crippen LogP contribution in [0.1, 0.15) is 20.3 Å². The van der Waals surface area contributed by atoms with Crippen LogP contribution in [0.15, 0.2) is 0 Å². The molecule has 1 fully saturated rings. The molecule has 0 aromatic carbocycles. The van der Waals surface area contributed by atoms with Gasteiger partial charge in [-0.15, -0.1) is 0 Å². The topological polar surface area (TPSA) is 38.5 Å². The molecule has 1 aliphatic heterocycles. The molecule has 4 unspecified atom stereocenters. The second-order valence-corrected chi connectivity index (χ2v) is 4.88. The number of piperidine rings is 1. The Morgan fingerprint density at radius 2 is 2.00 bits per heavy atom. The fraction of sp³-hybridized carbons (Fsp3) is 1.00. The second kappa shape index (κ2) is 5.54. The van der Waals surface area contributed by atoms with Gasteiger partial charge in [0.2, 0.25) is 0 Å². The van der Waals surface area contributed by atoms with Gasteiger partial charge in [-0.3, -0.25) is 4.90 Å². The van der Waals surface area contributed by atoms with Gasteiger partial charge >= 0.3 is 6.18 Å². The lowest BCUT2D eigenvalue weighted by Gasteiger charge is -2.42. The van der Waals surface area contributed by atoms with Crippen molar-refractivity contribution in [3.8, 4) is 0 Å². The Kier molecular flexibility index (Phi) is 4.80. The smallest absolute Gasteiger partial charge is 0.380 e. The molecule has 3 nitrogen and oxygen atoms in total. The molecule has 1 aliphatic rings. The van der Waals surface area contributed by atoms with Crippen LogP contribution < -0.4 is 5.73 Å². The minimum Gasteiger partial charge on any atom is -0.380 e. The first-order chi connectivity index (χ1) is 7.77. The standard InChI is InChI=1S/C11H21F3N2O/c1-7-4-5-16(6-9(7)17-3)10(8(2)15)11(12,13)14/h7-10H,4-6,15H2,1-3H3. The van der Waals surface area contributed by atoms with E-state index in [1.807, 2.05) is 6.92 Å². The SMILES string of the molecule is COC1CN(C(C(C)N)C(F)(F)F)CCC1C. The van der Waals surface area contributed by atoms with Crippen molar-refractivity contribution in [3.63, 3.8) is 0 Å². The van der Waals surface area contributed by atoms with Crippen molar-refractivity contribution in [1.82, 2.24) is 4.90 Å². The molecule has 0 amide bonds. The van der Waals surface area contributed by atoms with Gasteiger partial charge < -0.3 is 10.5 Å². The van der Waals surface area contributed by atoms with E-state index < -0.39 is 18.3 Å². The normalized spacial score (nSPS) is 31.2. The lowest BCUT2D eigenvalue weighted by molar-refractivity contribution is -0.197. The lowest BCUT2D eigenvalue weighted by Crippen LogP contribution is -2.59. The summed E-state index contributed by atoms with van der Waals surface area (Å²) >= 11 is 0. The molecule has 102 valence electrons. The summed E-state index contributed by atoms with van der Waals surface area (Å²) in [6.45, 7) is 4.12. The molecule has 4 atom stereocenters. The molecular weight excluding hydrogens is 233 g/mol. The average molecular weight is 254 g/mol. The van der Waals surface area contributed by atoms with E-state index in [4.69, 9.17) is 10.5 Å². The number of nitrogens with two attached hydrogens (primary N) is 1. The van der Waals surface area contributed by atoms with E-state index in [9.17, 15) is 13.2 Å². The van der Waals surface area contributed by atoms with Crippen LogP contribution in [0.3, 0.4) is 0 Å². The molecule has 1 heterocycles. The van der Waals surface area contributed by atoms with E-state index in [1.165, 1.54) is 11.8 Å². The van der Waals surface area contributed by atoms with Crippen LogP contribution in [0, 0.1) is 5.92 Å². The van der Waals surface area contributed by atoms with Gasteiger partial charge in [0.15, 0.2) is 0 Å². The highest BCUT2D eigenvalue weighted by Gasteiger charge is 2.47. The van der Waals surface area contributed by atoms with Gasteiger partial charge in [-0.05, 0) is 25.8 Å². The van der Waals surface area contributed by atoms with Crippen LogP contribution in [0.4, 0.5) is 13.2 Å². The number of ether oxygens (including phenoxy) is 1. The van der Waals surface area contributed by atoms with E-state index in [0.29, 0.717) is 25.4 Å². The molecule has 0 radical (unpaired) electrons. The highest BCUT2D eigenvalue weighted by atomic mass is 19.4. The number of rotatable bonds is 3. The summed E-state index contributed by atoms with van der Waals surface area (Å²) in [5.74, 6) is 0.290. The first-order valence-electron chi connectivity index (χ1n) is 5.86. The van der Waals surface area contributed by atoms with Crippen molar-refractivity contribution in [2.75, 3.05) is 20.2 Å². The van der Waals surface area contributed by atoms with Gasteiger partial charge in [0, 0.05) is 19.7 Å². The van der Waals surface area contributed by atoms with Gasteiger partial charge in [-0.1, -0.05) is 6.92 Å². The molecule has 0 aromatic heterocycles. The molecule has 0 aliphatic carbocycles. The fourth-order valence-corrected chi connectivity index (χ4v) is 2.45. The molecule has 1 rings (SSSR count). The van der Waals surface area contributed by atoms with Crippen LogP contribution >= 0.6 is 0 Å². The van der Waals surface area contributed by atoms with Crippen LogP contribution in [-0.4, -0.2) is 49.5 Å². The highest BCUT2D eigenvalue weighted by molar-refractivity contribution is 4.90. The van der Waals surface area contributed by atoms with Gasteiger partial charge in [0.25, 0.3) is 0 Å². The Labute approximate surface area is 100 Å². The molecular formula is C11H21F3N2O. The minimum absolute atomic E-state index is 0.146. The predicted octanol–water partition coefficient (Wildman–Crippen LogP) is 1.62. The molecule has 17 heavy (non-hydrogen) atoms. The Morgan fingerprint density at radius 3 is 2.41 bits per heavy atom. The number of halogens is 3. The number of hydrogen-bond acceptors (Lipinski definition) is 3. The number of nitrogens with zero attached hydrogens (tertiary/aromatic N) is 1. The Morgan fingerprint density at radius 1 is 1.41 bits per heavy atom. The molecule has 0 saturated carbocycles. The van der Waals surface area contributed by atoms with E-state index in [1.54, 1.807) is 7.11 Å². The third kappa shape index (κ3) is 3.56. The Bertz CT molecular complexity index is 245. The maximum Gasteiger partial charge on any atom is 0.405 e. The van der Waals surface area contributed by atoms with E-state index in [0.717, 1.165) is 0 Å².